The first-order chi connectivity index (χ1) is 13.4. The molecule has 3 heterocycles. The van der Waals surface area contributed by atoms with Crippen LogP contribution in [-0.2, 0) is 27.9 Å². The van der Waals surface area contributed by atoms with E-state index in [0.29, 0.717) is 29.9 Å². The highest BCUT2D eigenvalue weighted by atomic mass is 32.2. The van der Waals surface area contributed by atoms with E-state index in [-0.39, 0.29) is 22.2 Å². The Labute approximate surface area is 170 Å². The average molecular weight is 438 g/mol. The molecule has 7 nitrogen and oxygen atoms in total. The number of nitrogens with zero attached hydrogens (tertiary/aromatic N) is 2. The molecule has 3 aromatic rings. The Morgan fingerprint density at radius 3 is 2.68 bits per heavy atom. The maximum absolute atomic E-state index is 12.7. The summed E-state index contributed by atoms with van der Waals surface area (Å²) >= 11 is 2.51. The average Bonchev–Trinajstić information content (AvgIpc) is 3.42. The molecule has 1 aliphatic rings. The van der Waals surface area contributed by atoms with E-state index >= 15 is 0 Å². The summed E-state index contributed by atoms with van der Waals surface area (Å²) in [6, 6.07) is 8.51. The largest absolute Gasteiger partial charge is 0.350 e. The molecule has 1 N–H and O–H groups in total. The minimum absolute atomic E-state index is 0.0948. The van der Waals surface area contributed by atoms with Crippen molar-refractivity contribution >= 4 is 48.8 Å². The van der Waals surface area contributed by atoms with Crippen molar-refractivity contribution in [3.63, 3.8) is 0 Å². The molecule has 1 amide bonds. The first-order valence-corrected chi connectivity index (χ1v) is 12.0. The normalized spacial score (nSPS) is 15.3. The summed E-state index contributed by atoms with van der Waals surface area (Å²) in [5.41, 5.74) is 0.571. The Bertz CT molecular complexity index is 1160. The van der Waals surface area contributed by atoms with Gasteiger partial charge in [-0.25, -0.2) is 8.42 Å². The van der Waals surface area contributed by atoms with Gasteiger partial charge in [-0.15, -0.1) is 11.3 Å². The first kappa shape index (κ1) is 19.3. The van der Waals surface area contributed by atoms with Crippen LogP contribution in [0.3, 0.4) is 0 Å². The number of carbonyl (C=O) groups excluding carboxylic acids is 1. The van der Waals surface area contributed by atoms with Gasteiger partial charge in [0.25, 0.3) is 0 Å². The molecule has 28 heavy (non-hydrogen) atoms. The molecule has 1 aromatic carbocycles. The van der Waals surface area contributed by atoms with E-state index in [4.69, 9.17) is 0 Å². The van der Waals surface area contributed by atoms with Crippen LogP contribution in [0.4, 0.5) is 0 Å². The second kappa shape index (κ2) is 7.78. The summed E-state index contributed by atoms with van der Waals surface area (Å²) in [4.78, 5) is 25.6. The lowest BCUT2D eigenvalue weighted by atomic mass is 10.3. The monoisotopic (exact) mass is 437 g/mol. The second-order valence-corrected chi connectivity index (χ2v) is 10.5. The minimum atomic E-state index is -3.54. The Morgan fingerprint density at radius 2 is 1.96 bits per heavy atom. The zero-order valence-electron chi connectivity index (χ0n) is 15.0. The third kappa shape index (κ3) is 3.77. The quantitative estimate of drug-likeness (QED) is 0.641. The number of thiazole rings is 1. The van der Waals surface area contributed by atoms with Gasteiger partial charge in [-0.3, -0.25) is 14.2 Å². The van der Waals surface area contributed by atoms with Crippen molar-refractivity contribution in [2.24, 2.45) is 0 Å². The fraction of sp³-hybridized carbons (Fsp3) is 0.333. The third-order valence-corrected chi connectivity index (χ3v) is 8.40. The number of rotatable bonds is 6. The van der Waals surface area contributed by atoms with Crippen LogP contribution >= 0.6 is 22.7 Å². The molecule has 0 spiro atoms. The lowest BCUT2D eigenvalue weighted by molar-refractivity contribution is -0.121. The van der Waals surface area contributed by atoms with Gasteiger partial charge in [-0.1, -0.05) is 17.4 Å². The summed E-state index contributed by atoms with van der Waals surface area (Å²) in [7, 11) is -3.54. The number of fused-ring (bicyclic) bond motifs is 1. The summed E-state index contributed by atoms with van der Waals surface area (Å²) < 4.78 is 28.9. The minimum Gasteiger partial charge on any atom is -0.350 e. The molecule has 4 rings (SSSR count). The molecule has 1 aliphatic heterocycles. The van der Waals surface area contributed by atoms with Crippen molar-refractivity contribution in [1.29, 1.82) is 0 Å². The number of amides is 1. The molecular weight excluding hydrogens is 418 g/mol. The van der Waals surface area contributed by atoms with Crippen LogP contribution in [0.25, 0.3) is 10.2 Å². The van der Waals surface area contributed by atoms with Crippen LogP contribution in [-0.4, -0.2) is 36.3 Å². The molecule has 0 atom stereocenters. The number of carbonyl (C=O) groups is 1. The van der Waals surface area contributed by atoms with Crippen LogP contribution in [0.5, 0.6) is 0 Å². The van der Waals surface area contributed by atoms with Gasteiger partial charge >= 0.3 is 4.87 Å². The lowest BCUT2D eigenvalue weighted by Gasteiger charge is -2.15. The van der Waals surface area contributed by atoms with Gasteiger partial charge in [0, 0.05) is 18.0 Å². The van der Waals surface area contributed by atoms with Crippen LogP contribution in [0, 0.1) is 0 Å². The molecule has 0 saturated carbocycles. The van der Waals surface area contributed by atoms with Crippen LogP contribution in [0.2, 0.25) is 0 Å². The van der Waals surface area contributed by atoms with Crippen molar-refractivity contribution in [2.75, 3.05) is 13.1 Å². The molecule has 1 saturated heterocycles. The molecular formula is C18H19N3O4S3. The molecule has 0 aliphatic carbocycles. The zero-order valence-corrected chi connectivity index (χ0v) is 17.4. The van der Waals surface area contributed by atoms with Crippen LogP contribution in [0.15, 0.2) is 45.4 Å². The van der Waals surface area contributed by atoms with Crippen molar-refractivity contribution in [3.05, 3.63) is 50.3 Å². The highest BCUT2D eigenvalue weighted by Gasteiger charge is 2.27. The number of nitrogens with one attached hydrogen (secondary N) is 1. The van der Waals surface area contributed by atoms with Gasteiger partial charge in [0.15, 0.2) is 0 Å². The number of thiophene rings is 1. The van der Waals surface area contributed by atoms with E-state index in [1.807, 2.05) is 17.5 Å². The molecule has 0 bridgehead atoms. The Morgan fingerprint density at radius 1 is 1.18 bits per heavy atom. The smallest absolute Gasteiger partial charge is 0.308 e. The Balaban J connectivity index is 1.56. The summed E-state index contributed by atoms with van der Waals surface area (Å²) in [5, 5.41) is 4.74. The van der Waals surface area contributed by atoms with Gasteiger partial charge in [0.1, 0.15) is 6.54 Å². The highest BCUT2D eigenvalue weighted by molar-refractivity contribution is 7.89. The Hall–Kier alpha value is -2.01. The summed E-state index contributed by atoms with van der Waals surface area (Å²) in [6.45, 7) is 1.39. The van der Waals surface area contributed by atoms with E-state index < -0.39 is 10.0 Å². The van der Waals surface area contributed by atoms with Crippen molar-refractivity contribution in [3.8, 4) is 0 Å². The molecule has 0 unspecified atom stereocenters. The summed E-state index contributed by atoms with van der Waals surface area (Å²) in [5.74, 6) is -0.260. The predicted octanol–water partition coefficient (Wildman–Crippen LogP) is 2.23. The van der Waals surface area contributed by atoms with Crippen LogP contribution in [0.1, 0.15) is 17.7 Å². The van der Waals surface area contributed by atoms with E-state index in [1.165, 1.54) is 21.0 Å². The number of hydrogen-bond acceptors (Lipinski definition) is 6. The zero-order chi connectivity index (χ0) is 19.7. The molecule has 10 heteroatoms. The standard InChI is InChI=1S/C18H19N3O4S3/c22-17(19-11-13-4-3-9-26-13)12-21-15-6-5-14(10-16(15)27-18(21)23)28(24,25)20-7-1-2-8-20/h3-6,9-10H,1-2,7-8,11-12H2,(H,19,22). The van der Waals surface area contributed by atoms with Gasteiger partial charge in [0.2, 0.25) is 15.9 Å². The van der Waals surface area contributed by atoms with Crippen molar-refractivity contribution in [1.82, 2.24) is 14.2 Å². The van der Waals surface area contributed by atoms with Crippen molar-refractivity contribution < 1.29 is 13.2 Å². The topological polar surface area (TPSA) is 88.5 Å². The van der Waals surface area contributed by atoms with E-state index in [0.717, 1.165) is 29.1 Å². The van der Waals surface area contributed by atoms with E-state index in [2.05, 4.69) is 5.32 Å². The predicted molar refractivity (Wildman–Crippen MR) is 110 cm³/mol. The number of benzene rings is 1. The highest BCUT2D eigenvalue weighted by Crippen LogP contribution is 2.26. The third-order valence-electron chi connectivity index (χ3n) is 4.68. The Kier molecular flexibility index (Phi) is 5.37. The summed E-state index contributed by atoms with van der Waals surface area (Å²) in [6.07, 6.45) is 1.73. The van der Waals surface area contributed by atoms with Gasteiger partial charge in [-0.2, -0.15) is 4.31 Å². The molecule has 2 aromatic heterocycles. The molecule has 1 fully saturated rings. The van der Waals surface area contributed by atoms with Gasteiger partial charge in [0.05, 0.1) is 21.7 Å². The number of aromatic nitrogens is 1. The van der Waals surface area contributed by atoms with E-state index in [1.54, 1.807) is 17.4 Å². The SMILES string of the molecule is O=C(Cn1c(=O)sc2cc(S(=O)(=O)N3CCCC3)ccc21)NCc1cccs1. The second-order valence-electron chi connectivity index (χ2n) is 6.55. The maximum atomic E-state index is 12.7. The van der Waals surface area contributed by atoms with Gasteiger partial charge in [-0.05, 0) is 42.5 Å². The number of sulfonamides is 1. The van der Waals surface area contributed by atoms with Crippen molar-refractivity contribution in [2.45, 2.75) is 30.8 Å². The fourth-order valence-electron chi connectivity index (χ4n) is 3.23. The number of hydrogen-bond donors (Lipinski definition) is 1. The molecule has 148 valence electrons. The maximum Gasteiger partial charge on any atom is 0.308 e. The van der Waals surface area contributed by atoms with Gasteiger partial charge < -0.3 is 5.32 Å². The lowest BCUT2D eigenvalue weighted by Crippen LogP contribution is -2.30. The fourth-order valence-corrected chi connectivity index (χ4v) is 6.43. The van der Waals surface area contributed by atoms with Crippen LogP contribution < -0.4 is 10.2 Å². The first-order valence-electron chi connectivity index (χ1n) is 8.88. The van der Waals surface area contributed by atoms with E-state index in [9.17, 15) is 18.0 Å². The molecule has 0 radical (unpaired) electrons.